The average molecular weight is 410 g/mol. The van der Waals surface area contributed by atoms with Crippen molar-refractivity contribution < 1.29 is 19.3 Å². The van der Waals surface area contributed by atoms with Crippen LogP contribution in [0.15, 0.2) is 59.9 Å². The van der Waals surface area contributed by atoms with Crippen LogP contribution in [0.1, 0.15) is 21.6 Å². The van der Waals surface area contributed by atoms with E-state index in [0.717, 1.165) is 0 Å². The fourth-order valence-electron chi connectivity index (χ4n) is 2.53. The number of rotatable bonds is 7. The van der Waals surface area contributed by atoms with Crippen molar-refractivity contribution in [3.8, 4) is 5.75 Å². The molecule has 11 heteroatoms. The Bertz CT molecular complexity index is 1120. The Labute approximate surface area is 170 Å². The Kier molecular flexibility index (Phi) is 5.92. The number of amidine groups is 1. The van der Waals surface area contributed by atoms with Crippen molar-refractivity contribution >= 4 is 23.2 Å². The van der Waals surface area contributed by atoms with Crippen molar-refractivity contribution in [1.29, 1.82) is 0 Å². The Hall–Kier alpha value is -4.41. The number of ether oxygens (including phenoxy) is 1. The highest BCUT2D eigenvalue weighted by Gasteiger charge is 2.16. The molecule has 0 aliphatic carbocycles. The Morgan fingerprint density at radius 2 is 2.00 bits per heavy atom. The van der Waals surface area contributed by atoms with Crippen LogP contribution in [-0.2, 0) is 11.6 Å². The summed E-state index contributed by atoms with van der Waals surface area (Å²) in [5.41, 5.74) is 13.3. The lowest BCUT2D eigenvalue weighted by molar-refractivity contribution is -0.386. The quantitative estimate of drug-likeness (QED) is 0.150. The van der Waals surface area contributed by atoms with Gasteiger partial charge < -0.3 is 21.0 Å². The predicted molar refractivity (Wildman–Crippen MR) is 108 cm³/mol. The number of oxime groups is 1. The van der Waals surface area contributed by atoms with Gasteiger partial charge in [-0.1, -0.05) is 29.4 Å². The van der Waals surface area contributed by atoms with Crippen LogP contribution in [0, 0.1) is 17.0 Å². The van der Waals surface area contributed by atoms with Crippen LogP contribution in [0.3, 0.4) is 0 Å². The molecule has 1 heterocycles. The second kappa shape index (κ2) is 8.73. The molecule has 0 radical (unpaired) electrons. The summed E-state index contributed by atoms with van der Waals surface area (Å²) < 4.78 is 6.69. The van der Waals surface area contributed by atoms with Gasteiger partial charge in [-0.15, -0.1) is 0 Å². The van der Waals surface area contributed by atoms with Crippen LogP contribution in [0.4, 0.5) is 11.4 Å². The number of nitrogen functional groups attached to an aromatic ring is 1. The van der Waals surface area contributed by atoms with Crippen molar-refractivity contribution in [3.05, 3.63) is 81.7 Å². The van der Waals surface area contributed by atoms with Gasteiger partial charge in [0.2, 0.25) is 0 Å². The third kappa shape index (κ3) is 4.52. The van der Waals surface area contributed by atoms with E-state index in [4.69, 9.17) is 21.0 Å². The lowest BCUT2D eigenvalue weighted by atomic mass is 10.1. The number of anilines is 1. The second-order valence-corrected chi connectivity index (χ2v) is 6.11. The van der Waals surface area contributed by atoms with Gasteiger partial charge in [-0.25, -0.2) is 9.48 Å². The fourth-order valence-corrected chi connectivity index (χ4v) is 2.53. The van der Waals surface area contributed by atoms with Gasteiger partial charge in [0.15, 0.2) is 24.0 Å². The molecule has 30 heavy (non-hydrogen) atoms. The molecule has 0 amide bonds. The van der Waals surface area contributed by atoms with E-state index in [1.807, 2.05) is 0 Å². The molecule has 0 saturated carbocycles. The molecule has 4 N–H and O–H groups in total. The first-order valence-electron chi connectivity index (χ1n) is 8.66. The minimum absolute atomic E-state index is 0.00713. The van der Waals surface area contributed by atoms with E-state index in [1.165, 1.54) is 35.1 Å². The summed E-state index contributed by atoms with van der Waals surface area (Å²) in [6, 6.07) is 12.5. The highest BCUT2D eigenvalue weighted by molar-refractivity contribution is 6.00. The molecule has 0 aliphatic heterocycles. The number of para-hydroxylation sites is 2. The largest absolute Gasteiger partial charge is 0.464 e. The highest BCUT2D eigenvalue weighted by atomic mass is 16.7. The summed E-state index contributed by atoms with van der Waals surface area (Å²) in [5, 5.41) is 18.6. The molecule has 11 nitrogen and oxygen atoms in total. The molecule has 0 saturated heterocycles. The standard InChI is InChI=1S/C19H18N6O5/c1-12-13(5-4-6-14(12)20)18(21)23-30-19(26)15-9-10-24(22-15)11-29-17-8-3-2-7-16(17)25(27)28/h2-10H,11,20H2,1H3,(H2,21,23). The van der Waals surface area contributed by atoms with Crippen LogP contribution < -0.4 is 16.2 Å². The number of nitro groups is 1. The van der Waals surface area contributed by atoms with Gasteiger partial charge in [0.25, 0.3) is 0 Å². The number of hydrogen-bond acceptors (Lipinski definition) is 8. The van der Waals surface area contributed by atoms with E-state index in [2.05, 4.69) is 10.3 Å². The van der Waals surface area contributed by atoms with Crippen molar-refractivity contribution in [2.75, 3.05) is 5.73 Å². The van der Waals surface area contributed by atoms with Crippen LogP contribution in [-0.4, -0.2) is 26.5 Å². The minimum atomic E-state index is -0.830. The van der Waals surface area contributed by atoms with Gasteiger partial charge in [0.1, 0.15) is 0 Å². The number of nitro benzene ring substituents is 1. The fraction of sp³-hybridized carbons (Fsp3) is 0.105. The number of benzene rings is 2. The topological polar surface area (TPSA) is 161 Å². The molecule has 154 valence electrons. The Morgan fingerprint density at radius 3 is 2.77 bits per heavy atom. The van der Waals surface area contributed by atoms with E-state index in [1.54, 1.807) is 31.2 Å². The maximum absolute atomic E-state index is 12.1. The maximum atomic E-state index is 12.1. The van der Waals surface area contributed by atoms with E-state index >= 15 is 0 Å². The lowest BCUT2D eigenvalue weighted by Gasteiger charge is -2.07. The zero-order valence-electron chi connectivity index (χ0n) is 15.9. The Balaban J connectivity index is 1.64. The molecular formula is C19H18N6O5. The molecule has 0 atom stereocenters. The first kappa shape index (κ1) is 20.3. The normalized spacial score (nSPS) is 11.2. The van der Waals surface area contributed by atoms with Crippen LogP contribution in [0.5, 0.6) is 5.75 Å². The molecule has 0 bridgehead atoms. The zero-order valence-corrected chi connectivity index (χ0v) is 15.9. The summed E-state index contributed by atoms with van der Waals surface area (Å²) in [4.78, 5) is 27.4. The van der Waals surface area contributed by atoms with Gasteiger partial charge >= 0.3 is 11.7 Å². The lowest BCUT2D eigenvalue weighted by Crippen LogP contribution is -2.17. The highest BCUT2D eigenvalue weighted by Crippen LogP contribution is 2.26. The predicted octanol–water partition coefficient (Wildman–Crippen LogP) is 2.20. The molecule has 3 aromatic rings. The van der Waals surface area contributed by atoms with E-state index in [-0.39, 0.29) is 29.7 Å². The van der Waals surface area contributed by atoms with Crippen LogP contribution in [0.25, 0.3) is 0 Å². The van der Waals surface area contributed by atoms with E-state index in [9.17, 15) is 14.9 Å². The van der Waals surface area contributed by atoms with Crippen molar-refractivity contribution in [2.45, 2.75) is 13.7 Å². The summed E-state index contributed by atoms with van der Waals surface area (Å²) >= 11 is 0. The zero-order chi connectivity index (χ0) is 21.7. The monoisotopic (exact) mass is 410 g/mol. The van der Waals surface area contributed by atoms with Crippen molar-refractivity contribution in [3.63, 3.8) is 0 Å². The summed E-state index contributed by atoms with van der Waals surface area (Å²) in [6.07, 6.45) is 1.46. The number of nitrogens with zero attached hydrogens (tertiary/aromatic N) is 4. The molecule has 0 fully saturated rings. The molecule has 2 aromatic carbocycles. The third-order valence-electron chi connectivity index (χ3n) is 4.14. The third-order valence-corrected chi connectivity index (χ3v) is 4.14. The summed E-state index contributed by atoms with van der Waals surface area (Å²) in [6.45, 7) is 1.62. The van der Waals surface area contributed by atoms with Gasteiger partial charge in [-0.05, 0) is 30.7 Å². The maximum Gasteiger partial charge on any atom is 0.385 e. The first-order valence-corrected chi connectivity index (χ1v) is 8.66. The first-order chi connectivity index (χ1) is 14.4. The summed E-state index contributed by atoms with van der Waals surface area (Å²) in [7, 11) is 0. The number of aromatic nitrogens is 2. The summed E-state index contributed by atoms with van der Waals surface area (Å²) in [5.74, 6) is -0.756. The SMILES string of the molecule is Cc1c(N)cccc1/C(N)=N/OC(=O)c1ccn(COc2ccccc2[N+](=O)[O-])n1. The van der Waals surface area contributed by atoms with Crippen LogP contribution in [0.2, 0.25) is 0 Å². The molecule has 3 rings (SSSR count). The van der Waals surface area contributed by atoms with Gasteiger partial charge in [-0.3, -0.25) is 10.1 Å². The average Bonchev–Trinajstić information content (AvgIpc) is 3.21. The Morgan fingerprint density at radius 1 is 1.23 bits per heavy atom. The van der Waals surface area contributed by atoms with Gasteiger partial charge in [0.05, 0.1) is 4.92 Å². The molecule has 0 spiro atoms. The number of carbonyl (C=O) groups excluding carboxylic acids is 1. The van der Waals surface area contributed by atoms with Crippen molar-refractivity contribution in [2.24, 2.45) is 10.9 Å². The van der Waals surface area contributed by atoms with Gasteiger partial charge in [-0.2, -0.15) is 5.10 Å². The minimum Gasteiger partial charge on any atom is -0.464 e. The molecule has 1 aromatic heterocycles. The molecule has 0 aliphatic rings. The number of hydrogen-bond donors (Lipinski definition) is 2. The van der Waals surface area contributed by atoms with Crippen molar-refractivity contribution in [1.82, 2.24) is 9.78 Å². The molecule has 0 unspecified atom stereocenters. The smallest absolute Gasteiger partial charge is 0.385 e. The molecular weight excluding hydrogens is 392 g/mol. The van der Waals surface area contributed by atoms with E-state index < -0.39 is 10.9 Å². The number of carbonyl (C=O) groups is 1. The van der Waals surface area contributed by atoms with Gasteiger partial charge in [0, 0.05) is 23.5 Å². The second-order valence-electron chi connectivity index (χ2n) is 6.11. The van der Waals surface area contributed by atoms with E-state index in [0.29, 0.717) is 16.8 Å². The number of nitrogens with two attached hydrogens (primary N) is 2. The van der Waals surface area contributed by atoms with Crippen LogP contribution >= 0.6 is 0 Å².